The summed E-state index contributed by atoms with van der Waals surface area (Å²) in [6.45, 7) is 1.53. The number of nitrogens with zero attached hydrogens (tertiary/aromatic N) is 1. The first-order chi connectivity index (χ1) is 8.45. The van der Waals surface area contributed by atoms with Crippen molar-refractivity contribution >= 4 is 17.6 Å². The molecule has 6 heteroatoms. The van der Waals surface area contributed by atoms with Crippen molar-refractivity contribution in [3.8, 4) is 0 Å². The molecule has 0 saturated heterocycles. The minimum absolute atomic E-state index is 0.0763. The Morgan fingerprint density at radius 2 is 1.94 bits per heavy atom. The molecule has 98 valence electrons. The second-order valence-corrected chi connectivity index (χ2v) is 3.64. The van der Waals surface area contributed by atoms with Crippen molar-refractivity contribution in [3.05, 3.63) is 29.8 Å². The Kier molecular flexibility index (Phi) is 4.76. The van der Waals surface area contributed by atoms with Gasteiger partial charge in [-0.1, -0.05) is 6.92 Å². The summed E-state index contributed by atoms with van der Waals surface area (Å²) in [4.78, 5) is 23.3. The molecule has 0 heterocycles. The maximum atomic E-state index is 13.1. The average molecular weight is 257 g/mol. The van der Waals surface area contributed by atoms with Gasteiger partial charge in [0.2, 0.25) is 5.91 Å². The number of halogens is 2. The molecule has 18 heavy (non-hydrogen) atoms. The van der Waals surface area contributed by atoms with Gasteiger partial charge in [-0.25, -0.2) is 8.78 Å². The molecule has 1 aromatic carbocycles. The molecule has 0 spiro atoms. The molecule has 0 radical (unpaired) electrons. The largest absolute Gasteiger partial charge is 0.481 e. The van der Waals surface area contributed by atoms with Crippen molar-refractivity contribution in [1.82, 2.24) is 0 Å². The van der Waals surface area contributed by atoms with Crippen LogP contribution >= 0.6 is 0 Å². The number of carboxylic acid groups (broad SMARTS) is 1. The normalized spacial score (nSPS) is 10.2. The number of aliphatic carboxylic acids is 1. The number of hydrogen-bond acceptors (Lipinski definition) is 2. The molecule has 0 aliphatic heterocycles. The fourth-order valence-corrected chi connectivity index (χ4v) is 1.45. The molecule has 0 aliphatic carbocycles. The third kappa shape index (κ3) is 3.51. The van der Waals surface area contributed by atoms with Gasteiger partial charge in [-0.05, 0) is 12.1 Å². The second-order valence-electron chi connectivity index (χ2n) is 3.64. The fraction of sp³-hybridized carbons (Fsp3) is 0.333. The fourth-order valence-electron chi connectivity index (χ4n) is 1.45. The highest BCUT2D eigenvalue weighted by Gasteiger charge is 2.16. The van der Waals surface area contributed by atoms with Crippen LogP contribution in [0.2, 0.25) is 0 Å². The Bertz CT molecular complexity index is 463. The van der Waals surface area contributed by atoms with Crippen molar-refractivity contribution < 1.29 is 23.5 Å². The third-order valence-electron chi connectivity index (χ3n) is 2.37. The van der Waals surface area contributed by atoms with E-state index < -0.39 is 17.6 Å². The Morgan fingerprint density at radius 3 is 2.44 bits per heavy atom. The highest BCUT2D eigenvalue weighted by atomic mass is 19.2. The summed E-state index contributed by atoms with van der Waals surface area (Å²) >= 11 is 0. The molecule has 4 nitrogen and oxygen atoms in total. The topological polar surface area (TPSA) is 57.6 Å². The SMILES string of the molecule is CCC(=O)N(CCC(=O)O)c1ccc(F)c(F)c1. The molecule has 1 amide bonds. The number of amides is 1. The highest BCUT2D eigenvalue weighted by Crippen LogP contribution is 2.19. The lowest BCUT2D eigenvalue weighted by molar-refractivity contribution is -0.136. The Balaban J connectivity index is 2.97. The summed E-state index contributed by atoms with van der Waals surface area (Å²) in [7, 11) is 0. The molecule has 1 aromatic rings. The van der Waals surface area contributed by atoms with E-state index >= 15 is 0 Å². The van der Waals surface area contributed by atoms with Crippen LogP contribution in [0.4, 0.5) is 14.5 Å². The van der Waals surface area contributed by atoms with E-state index in [9.17, 15) is 18.4 Å². The summed E-state index contributed by atoms with van der Waals surface area (Å²) in [5, 5.41) is 8.59. The third-order valence-corrected chi connectivity index (χ3v) is 2.37. The Hall–Kier alpha value is -1.98. The lowest BCUT2D eigenvalue weighted by Crippen LogP contribution is -2.32. The van der Waals surface area contributed by atoms with Crippen LogP contribution in [0.15, 0.2) is 18.2 Å². The van der Waals surface area contributed by atoms with E-state index in [1.54, 1.807) is 6.92 Å². The first-order valence-corrected chi connectivity index (χ1v) is 5.43. The summed E-state index contributed by atoms with van der Waals surface area (Å²) in [5.41, 5.74) is 0.155. The van der Waals surface area contributed by atoms with E-state index in [4.69, 9.17) is 5.11 Å². The van der Waals surface area contributed by atoms with Gasteiger partial charge in [0.15, 0.2) is 11.6 Å². The molecule has 1 N–H and O–H groups in total. The van der Waals surface area contributed by atoms with Crippen molar-refractivity contribution in [2.24, 2.45) is 0 Å². The molecule has 1 rings (SSSR count). The number of benzene rings is 1. The maximum absolute atomic E-state index is 13.1. The van der Waals surface area contributed by atoms with Crippen LogP contribution in [0.25, 0.3) is 0 Å². The summed E-state index contributed by atoms with van der Waals surface area (Å²) < 4.78 is 25.9. The van der Waals surface area contributed by atoms with E-state index in [-0.39, 0.29) is 31.0 Å². The number of carbonyl (C=O) groups excluding carboxylic acids is 1. The monoisotopic (exact) mass is 257 g/mol. The molecule has 0 fully saturated rings. The molecular formula is C12H13F2NO3. The van der Waals surface area contributed by atoms with Crippen LogP contribution in [0, 0.1) is 11.6 Å². The Labute approximate surface area is 103 Å². The Morgan fingerprint density at radius 1 is 1.28 bits per heavy atom. The molecule has 0 aromatic heterocycles. The second kappa shape index (κ2) is 6.09. The minimum atomic E-state index is -1.07. The van der Waals surface area contributed by atoms with Crippen molar-refractivity contribution in [1.29, 1.82) is 0 Å². The summed E-state index contributed by atoms with van der Waals surface area (Å²) in [5.74, 6) is -3.49. The molecule has 0 unspecified atom stereocenters. The first-order valence-electron chi connectivity index (χ1n) is 5.43. The summed E-state index contributed by atoms with van der Waals surface area (Å²) in [6.07, 6.45) is -0.108. The van der Waals surface area contributed by atoms with Gasteiger partial charge in [0.25, 0.3) is 0 Å². The van der Waals surface area contributed by atoms with E-state index in [0.717, 1.165) is 17.0 Å². The van der Waals surface area contributed by atoms with E-state index in [1.807, 2.05) is 0 Å². The number of rotatable bonds is 5. The number of carboxylic acids is 1. The smallest absolute Gasteiger partial charge is 0.305 e. The molecule has 0 bridgehead atoms. The predicted octanol–water partition coefficient (Wildman–Crippen LogP) is 2.18. The van der Waals surface area contributed by atoms with Gasteiger partial charge in [-0.2, -0.15) is 0 Å². The first kappa shape index (κ1) is 14.1. The van der Waals surface area contributed by atoms with E-state index in [2.05, 4.69) is 0 Å². The zero-order chi connectivity index (χ0) is 13.7. The van der Waals surface area contributed by atoms with Crippen molar-refractivity contribution in [3.63, 3.8) is 0 Å². The molecule has 0 atom stereocenters. The van der Waals surface area contributed by atoms with E-state index in [0.29, 0.717) is 0 Å². The van der Waals surface area contributed by atoms with Crippen LogP contribution in [-0.2, 0) is 9.59 Å². The molecular weight excluding hydrogens is 244 g/mol. The van der Waals surface area contributed by atoms with Gasteiger partial charge in [0.05, 0.1) is 6.42 Å². The number of anilines is 1. The van der Waals surface area contributed by atoms with Gasteiger partial charge < -0.3 is 10.0 Å². The standard InChI is InChI=1S/C12H13F2NO3/c1-2-11(16)15(6-5-12(17)18)8-3-4-9(13)10(14)7-8/h3-4,7H,2,5-6H2,1H3,(H,17,18). The van der Waals surface area contributed by atoms with Crippen molar-refractivity contribution in [2.45, 2.75) is 19.8 Å². The number of hydrogen-bond donors (Lipinski definition) is 1. The molecule has 0 saturated carbocycles. The van der Waals surface area contributed by atoms with Gasteiger partial charge in [-0.3, -0.25) is 9.59 Å². The highest BCUT2D eigenvalue weighted by molar-refractivity contribution is 5.93. The van der Waals surface area contributed by atoms with Gasteiger partial charge in [0, 0.05) is 24.7 Å². The zero-order valence-corrected chi connectivity index (χ0v) is 9.82. The number of carbonyl (C=O) groups is 2. The zero-order valence-electron chi connectivity index (χ0n) is 9.82. The van der Waals surface area contributed by atoms with Gasteiger partial charge >= 0.3 is 5.97 Å². The van der Waals surface area contributed by atoms with Crippen molar-refractivity contribution in [2.75, 3.05) is 11.4 Å². The van der Waals surface area contributed by atoms with Crippen LogP contribution in [-0.4, -0.2) is 23.5 Å². The predicted molar refractivity (Wildman–Crippen MR) is 61.3 cm³/mol. The quantitative estimate of drug-likeness (QED) is 0.879. The summed E-state index contributed by atoms with van der Waals surface area (Å²) in [6, 6.07) is 3.03. The van der Waals surface area contributed by atoms with Crippen LogP contribution in [0.5, 0.6) is 0 Å². The average Bonchev–Trinajstić information content (AvgIpc) is 2.33. The lowest BCUT2D eigenvalue weighted by Gasteiger charge is -2.21. The minimum Gasteiger partial charge on any atom is -0.481 e. The van der Waals surface area contributed by atoms with Crippen LogP contribution in [0.3, 0.4) is 0 Å². The van der Waals surface area contributed by atoms with Gasteiger partial charge in [0.1, 0.15) is 0 Å². The van der Waals surface area contributed by atoms with Crippen LogP contribution in [0.1, 0.15) is 19.8 Å². The lowest BCUT2D eigenvalue weighted by atomic mass is 10.2. The maximum Gasteiger partial charge on any atom is 0.305 e. The van der Waals surface area contributed by atoms with Gasteiger partial charge in [-0.15, -0.1) is 0 Å². The van der Waals surface area contributed by atoms with Crippen LogP contribution < -0.4 is 4.90 Å². The molecule has 0 aliphatic rings. The van der Waals surface area contributed by atoms with E-state index in [1.165, 1.54) is 6.07 Å².